The molecule has 0 unspecified atom stereocenters. The van der Waals surface area contributed by atoms with Gasteiger partial charge in [-0.1, -0.05) is 31.9 Å². The van der Waals surface area contributed by atoms with Gasteiger partial charge >= 0.3 is 0 Å². The maximum atomic E-state index is 6.12. The lowest BCUT2D eigenvalue weighted by molar-refractivity contribution is 0.630. The van der Waals surface area contributed by atoms with E-state index in [2.05, 4.69) is 37.9 Å². The minimum atomic E-state index is 0.201. The van der Waals surface area contributed by atoms with E-state index in [9.17, 15) is 0 Å². The second-order valence-electron chi connectivity index (χ2n) is 3.53. The number of benzene rings is 1. The fraction of sp³-hybridized carbons (Fsp3) is 0.400. The number of hydrogen-bond donors (Lipinski definition) is 1. The Morgan fingerprint density at radius 2 is 2.00 bits per heavy atom. The molecular weight excluding hydrogens is 294 g/mol. The van der Waals surface area contributed by atoms with E-state index in [1.54, 1.807) is 0 Å². The quantitative estimate of drug-likeness (QED) is 0.887. The topological polar surface area (TPSA) is 26.0 Å². The van der Waals surface area contributed by atoms with Crippen molar-refractivity contribution in [3.8, 4) is 0 Å². The second-order valence-corrected chi connectivity index (χ2v) is 5.30. The van der Waals surface area contributed by atoms with E-state index in [0.717, 1.165) is 8.95 Å². The molecule has 1 saturated carbocycles. The summed E-state index contributed by atoms with van der Waals surface area (Å²) in [5.41, 5.74) is 7.34. The zero-order valence-electron chi connectivity index (χ0n) is 7.13. The summed E-state index contributed by atoms with van der Waals surface area (Å²) in [6, 6.07) is 6.37. The molecule has 13 heavy (non-hydrogen) atoms. The van der Waals surface area contributed by atoms with Crippen molar-refractivity contribution in [3.05, 3.63) is 32.7 Å². The van der Waals surface area contributed by atoms with Crippen molar-refractivity contribution in [2.24, 2.45) is 11.7 Å². The summed E-state index contributed by atoms with van der Waals surface area (Å²) >= 11 is 6.98. The van der Waals surface area contributed by atoms with Gasteiger partial charge in [0, 0.05) is 15.0 Å². The van der Waals surface area contributed by atoms with Crippen molar-refractivity contribution in [3.63, 3.8) is 0 Å². The average Bonchev–Trinajstić information content (AvgIpc) is 2.91. The van der Waals surface area contributed by atoms with E-state index < -0.39 is 0 Å². The molecule has 0 aromatic heterocycles. The molecule has 1 atom stereocenters. The second kappa shape index (κ2) is 3.71. The van der Waals surface area contributed by atoms with Crippen LogP contribution in [-0.4, -0.2) is 0 Å². The van der Waals surface area contributed by atoms with Crippen molar-refractivity contribution in [2.45, 2.75) is 18.9 Å². The molecule has 70 valence electrons. The Morgan fingerprint density at radius 1 is 1.31 bits per heavy atom. The molecule has 1 aromatic carbocycles. The number of nitrogens with two attached hydrogens (primary N) is 1. The van der Waals surface area contributed by atoms with Crippen molar-refractivity contribution >= 4 is 31.9 Å². The van der Waals surface area contributed by atoms with Crippen LogP contribution in [0.2, 0.25) is 0 Å². The minimum absolute atomic E-state index is 0.201. The molecule has 1 nitrogen and oxygen atoms in total. The van der Waals surface area contributed by atoms with Gasteiger partial charge < -0.3 is 5.73 Å². The Hall–Kier alpha value is 0.140. The maximum Gasteiger partial charge on any atom is 0.0335 e. The van der Waals surface area contributed by atoms with Crippen LogP contribution in [0.3, 0.4) is 0 Å². The first kappa shape index (κ1) is 9.69. The molecule has 0 spiro atoms. The molecule has 2 N–H and O–H groups in total. The lowest BCUT2D eigenvalue weighted by atomic mass is 10.0. The first-order chi connectivity index (χ1) is 6.18. The highest BCUT2D eigenvalue weighted by molar-refractivity contribution is 9.11. The molecule has 1 aromatic rings. The van der Waals surface area contributed by atoms with Crippen LogP contribution in [0.5, 0.6) is 0 Å². The predicted octanol–water partition coefficient (Wildman–Crippen LogP) is 3.62. The molecular formula is C10H11Br2N. The monoisotopic (exact) mass is 303 g/mol. The number of hydrogen-bond acceptors (Lipinski definition) is 1. The summed E-state index contributed by atoms with van der Waals surface area (Å²) in [5, 5.41) is 0. The Balaban J connectivity index is 2.31. The van der Waals surface area contributed by atoms with E-state index in [0.29, 0.717) is 5.92 Å². The van der Waals surface area contributed by atoms with E-state index in [4.69, 9.17) is 5.73 Å². The smallest absolute Gasteiger partial charge is 0.0335 e. The van der Waals surface area contributed by atoms with Gasteiger partial charge in [-0.3, -0.25) is 0 Å². The fourth-order valence-electron chi connectivity index (χ4n) is 1.48. The Kier molecular flexibility index (Phi) is 2.77. The maximum absolute atomic E-state index is 6.12. The molecule has 3 heteroatoms. The van der Waals surface area contributed by atoms with E-state index in [1.807, 2.05) is 12.1 Å². The molecule has 0 bridgehead atoms. The Morgan fingerprint density at radius 3 is 2.62 bits per heavy atom. The predicted molar refractivity (Wildman–Crippen MR) is 61.5 cm³/mol. The highest BCUT2D eigenvalue weighted by Gasteiger charge is 2.30. The highest BCUT2D eigenvalue weighted by Crippen LogP contribution is 2.41. The van der Waals surface area contributed by atoms with Crippen LogP contribution in [0.1, 0.15) is 24.4 Å². The summed E-state index contributed by atoms with van der Waals surface area (Å²) in [6.07, 6.45) is 2.56. The van der Waals surface area contributed by atoms with Crippen molar-refractivity contribution in [1.29, 1.82) is 0 Å². The zero-order chi connectivity index (χ0) is 9.42. The Labute approximate surface area is 95.0 Å². The van der Waals surface area contributed by atoms with Gasteiger partial charge in [-0.15, -0.1) is 0 Å². The Bertz CT molecular complexity index is 321. The minimum Gasteiger partial charge on any atom is -0.324 e. The van der Waals surface area contributed by atoms with Crippen LogP contribution in [0.25, 0.3) is 0 Å². The first-order valence-electron chi connectivity index (χ1n) is 4.39. The third-order valence-electron chi connectivity index (χ3n) is 2.45. The molecule has 0 aliphatic heterocycles. The van der Waals surface area contributed by atoms with Gasteiger partial charge in [0.15, 0.2) is 0 Å². The van der Waals surface area contributed by atoms with Crippen LogP contribution in [-0.2, 0) is 0 Å². The molecule has 1 aliphatic rings. The number of halogens is 2. The summed E-state index contributed by atoms with van der Waals surface area (Å²) < 4.78 is 2.22. The van der Waals surface area contributed by atoms with Gasteiger partial charge in [-0.25, -0.2) is 0 Å². The van der Waals surface area contributed by atoms with Gasteiger partial charge in [0.1, 0.15) is 0 Å². The summed E-state index contributed by atoms with van der Waals surface area (Å²) in [5.74, 6) is 0.700. The van der Waals surface area contributed by atoms with Crippen molar-refractivity contribution in [2.75, 3.05) is 0 Å². The van der Waals surface area contributed by atoms with Crippen LogP contribution in [0, 0.1) is 5.92 Å². The summed E-state index contributed by atoms with van der Waals surface area (Å²) in [4.78, 5) is 0. The zero-order valence-corrected chi connectivity index (χ0v) is 10.3. The molecule has 1 aliphatic carbocycles. The van der Waals surface area contributed by atoms with Gasteiger partial charge in [-0.05, 0) is 42.5 Å². The molecule has 0 radical (unpaired) electrons. The third kappa shape index (κ3) is 2.14. The van der Waals surface area contributed by atoms with Crippen molar-refractivity contribution < 1.29 is 0 Å². The van der Waals surface area contributed by atoms with Gasteiger partial charge in [-0.2, -0.15) is 0 Å². The third-order valence-corrected chi connectivity index (χ3v) is 3.66. The van der Waals surface area contributed by atoms with Gasteiger partial charge in [0.2, 0.25) is 0 Å². The number of rotatable bonds is 2. The van der Waals surface area contributed by atoms with E-state index >= 15 is 0 Å². The normalized spacial score (nSPS) is 18.7. The molecule has 1 fully saturated rings. The average molecular weight is 305 g/mol. The molecule has 0 heterocycles. The highest BCUT2D eigenvalue weighted by atomic mass is 79.9. The van der Waals surface area contributed by atoms with Gasteiger partial charge in [0.25, 0.3) is 0 Å². The van der Waals surface area contributed by atoms with Crippen LogP contribution in [0.4, 0.5) is 0 Å². The van der Waals surface area contributed by atoms with Crippen LogP contribution >= 0.6 is 31.9 Å². The largest absolute Gasteiger partial charge is 0.324 e. The lowest BCUT2D eigenvalue weighted by Gasteiger charge is -2.12. The van der Waals surface area contributed by atoms with E-state index in [-0.39, 0.29) is 6.04 Å². The lowest BCUT2D eigenvalue weighted by Crippen LogP contribution is -2.12. The van der Waals surface area contributed by atoms with Crippen LogP contribution in [0.15, 0.2) is 27.1 Å². The fourth-order valence-corrected chi connectivity index (χ4v) is 2.37. The standard InChI is InChI=1S/C10H11Br2N/c11-7-3-4-9(12)8(5-7)10(13)6-1-2-6/h3-6,10H,1-2,13H2/t10-/m0/s1. The molecule has 2 rings (SSSR count). The SMILES string of the molecule is N[C@H](c1cc(Br)ccc1Br)C1CC1. The molecule has 0 saturated heterocycles. The summed E-state index contributed by atoms with van der Waals surface area (Å²) in [6.45, 7) is 0. The van der Waals surface area contributed by atoms with Gasteiger partial charge in [0.05, 0.1) is 0 Å². The first-order valence-corrected chi connectivity index (χ1v) is 5.97. The summed E-state index contributed by atoms with van der Waals surface area (Å²) in [7, 11) is 0. The van der Waals surface area contributed by atoms with Crippen molar-refractivity contribution in [1.82, 2.24) is 0 Å². The van der Waals surface area contributed by atoms with E-state index in [1.165, 1.54) is 18.4 Å². The molecule has 0 amide bonds. The van der Waals surface area contributed by atoms with Crippen LogP contribution < -0.4 is 5.73 Å².